The highest BCUT2D eigenvalue weighted by atomic mass is 16.3. The van der Waals surface area contributed by atoms with Crippen molar-refractivity contribution in [1.29, 1.82) is 0 Å². The Morgan fingerprint density at radius 3 is 2.75 bits per heavy atom. The summed E-state index contributed by atoms with van der Waals surface area (Å²) in [5.74, 6) is 0.780. The lowest BCUT2D eigenvalue weighted by Gasteiger charge is -1.97. The third-order valence-electron chi connectivity index (χ3n) is 1.60. The van der Waals surface area contributed by atoms with Crippen LogP contribution in [-0.4, -0.2) is 10.1 Å². The molecule has 0 bridgehead atoms. The number of phenols is 1. The first-order valence-corrected chi connectivity index (χ1v) is 3.55. The van der Waals surface area contributed by atoms with Gasteiger partial charge in [-0.15, -0.1) is 0 Å². The fourth-order valence-corrected chi connectivity index (χ4v) is 1.03. The van der Waals surface area contributed by atoms with Crippen molar-refractivity contribution in [3.05, 3.63) is 36.9 Å². The Morgan fingerprint density at radius 2 is 2.08 bits per heavy atom. The molecular formula is C9H7NO2. The van der Waals surface area contributed by atoms with Gasteiger partial charge in [0.05, 0.1) is 11.8 Å². The summed E-state index contributed by atoms with van der Waals surface area (Å²) < 4.78 is 5.03. The Morgan fingerprint density at radius 1 is 1.25 bits per heavy atom. The van der Waals surface area contributed by atoms with Gasteiger partial charge in [0.15, 0.2) is 12.2 Å². The molecule has 0 aliphatic rings. The van der Waals surface area contributed by atoms with E-state index in [9.17, 15) is 5.11 Å². The maximum absolute atomic E-state index is 9.39. The number of para-hydroxylation sites is 1. The molecule has 0 fully saturated rings. The van der Waals surface area contributed by atoms with Gasteiger partial charge >= 0.3 is 0 Å². The van der Waals surface area contributed by atoms with Crippen LogP contribution in [0, 0.1) is 0 Å². The minimum atomic E-state index is 0.203. The quantitative estimate of drug-likeness (QED) is 0.696. The number of phenolic OH excluding ortho intramolecular Hbond substituents is 1. The van der Waals surface area contributed by atoms with Crippen molar-refractivity contribution in [2.45, 2.75) is 0 Å². The highest BCUT2D eigenvalue weighted by molar-refractivity contribution is 5.63. The molecule has 2 aromatic rings. The van der Waals surface area contributed by atoms with Gasteiger partial charge in [-0.3, -0.25) is 0 Å². The van der Waals surface area contributed by atoms with Gasteiger partial charge in [0.2, 0.25) is 0 Å². The van der Waals surface area contributed by atoms with E-state index in [0.29, 0.717) is 11.3 Å². The second-order valence-corrected chi connectivity index (χ2v) is 2.38. The standard InChI is InChI=1S/C9H7NO2/c11-8-4-2-1-3-7(8)9-5-10-6-12-9/h1-6,11H. The molecule has 0 aliphatic carbocycles. The molecule has 0 spiro atoms. The van der Waals surface area contributed by atoms with Gasteiger partial charge in [0.25, 0.3) is 0 Å². The summed E-state index contributed by atoms with van der Waals surface area (Å²) in [4.78, 5) is 3.76. The first-order valence-electron chi connectivity index (χ1n) is 3.55. The highest BCUT2D eigenvalue weighted by Crippen LogP contribution is 2.27. The second kappa shape index (κ2) is 2.70. The van der Waals surface area contributed by atoms with Crippen molar-refractivity contribution in [3.8, 4) is 17.1 Å². The lowest BCUT2D eigenvalue weighted by molar-refractivity contribution is 0.473. The smallest absolute Gasteiger partial charge is 0.181 e. The molecule has 0 aliphatic heterocycles. The molecule has 1 heterocycles. The van der Waals surface area contributed by atoms with Crippen LogP contribution in [0.3, 0.4) is 0 Å². The minimum Gasteiger partial charge on any atom is -0.507 e. The summed E-state index contributed by atoms with van der Waals surface area (Å²) >= 11 is 0. The average Bonchev–Trinajstić information content (AvgIpc) is 2.57. The van der Waals surface area contributed by atoms with Crippen LogP contribution in [0.4, 0.5) is 0 Å². The van der Waals surface area contributed by atoms with E-state index < -0.39 is 0 Å². The monoisotopic (exact) mass is 161 g/mol. The van der Waals surface area contributed by atoms with E-state index >= 15 is 0 Å². The van der Waals surface area contributed by atoms with Gasteiger partial charge in [0.1, 0.15) is 5.75 Å². The minimum absolute atomic E-state index is 0.203. The van der Waals surface area contributed by atoms with Crippen LogP contribution >= 0.6 is 0 Å². The van der Waals surface area contributed by atoms with Crippen LogP contribution in [0.1, 0.15) is 0 Å². The van der Waals surface area contributed by atoms with Crippen molar-refractivity contribution in [2.75, 3.05) is 0 Å². The van der Waals surface area contributed by atoms with E-state index in [0.717, 1.165) is 0 Å². The first kappa shape index (κ1) is 6.91. The third kappa shape index (κ3) is 1.05. The summed E-state index contributed by atoms with van der Waals surface area (Å²) in [6, 6.07) is 6.97. The largest absolute Gasteiger partial charge is 0.507 e. The maximum atomic E-state index is 9.39. The molecule has 0 saturated heterocycles. The molecule has 3 nitrogen and oxygen atoms in total. The molecule has 1 aromatic carbocycles. The average molecular weight is 161 g/mol. The zero-order valence-corrected chi connectivity index (χ0v) is 6.27. The first-order chi connectivity index (χ1) is 5.88. The van der Waals surface area contributed by atoms with Crippen LogP contribution in [0.5, 0.6) is 5.75 Å². The van der Waals surface area contributed by atoms with Crippen molar-refractivity contribution in [3.63, 3.8) is 0 Å². The van der Waals surface area contributed by atoms with Gasteiger partial charge in [-0.1, -0.05) is 12.1 Å². The Hall–Kier alpha value is -1.77. The Bertz CT molecular complexity index is 368. The number of nitrogens with zero attached hydrogens (tertiary/aromatic N) is 1. The molecular weight excluding hydrogens is 154 g/mol. The molecule has 0 atom stereocenters. The van der Waals surface area contributed by atoms with Crippen LogP contribution in [0.2, 0.25) is 0 Å². The lowest BCUT2D eigenvalue weighted by Crippen LogP contribution is -1.73. The lowest BCUT2D eigenvalue weighted by atomic mass is 10.2. The van der Waals surface area contributed by atoms with Gasteiger partial charge in [-0.2, -0.15) is 0 Å². The zero-order valence-electron chi connectivity index (χ0n) is 6.27. The number of hydrogen-bond donors (Lipinski definition) is 1. The van der Waals surface area contributed by atoms with Crippen LogP contribution in [-0.2, 0) is 0 Å². The predicted octanol–water partition coefficient (Wildman–Crippen LogP) is 2.05. The molecule has 0 unspecified atom stereocenters. The van der Waals surface area contributed by atoms with E-state index in [1.807, 2.05) is 6.07 Å². The van der Waals surface area contributed by atoms with E-state index in [1.54, 1.807) is 24.4 Å². The maximum Gasteiger partial charge on any atom is 0.181 e. The molecule has 0 radical (unpaired) electrons. The van der Waals surface area contributed by atoms with E-state index in [2.05, 4.69) is 4.98 Å². The van der Waals surface area contributed by atoms with Gasteiger partial charge in [-0.05, 0) is 12.1 Å². The number of hydrogen-bond acceptors (Lipinski definition) is 3. The molecule has 2 rings (SSSR count). The highest BCUT2D eigenvalue weighted by Gasteiger charge is 2.04. The molecule has 0 amide bonds. The van der Waals surface area contributed by atoms with E-state index in [4.69, 9.17) is 4.42 Å². The van der Waals surface area contributed by atoms with E-state index in [-0.39, 0.29) is 5.75 Å². The number of benzene rings is 1. The Balaban J connectivity index is 2.55. The summed E-state index contributed by atoms with van der Waals surface area (Å²) in [7, 11) is 0. The van der Waals surface area contributed by atoms with Crippen molar-refractivity contribution in [2.24, 2.45) is 0 Å². The number of oxazole rings is 1. The summed E-state index contributed by atoms with van der Waals surface area (Å²) in [6.07, 6.45) is 2.90. The van der Waals surface area contributed by atoms with Crippen molar-refractivity contribution >= 4 is 0 Å². The Kier molecular flexibility index (Phi) is 1.55. The predicted molar refractivity (Wildman–Crippen MR) is 43.6 cm³/mol. The normalized spacial score (nSPS) is 10.0. The summed E-state index contributed by atoms with van der Waals surface area (Å²) in [5.41, 5.74) is 0.662. The third-order valence-corrected chi connectivity index (χ3v) is 1.60. The molecule has 60 valence electrons. The van der Waals surface area contributed by atoms with Gasteiger partial charge in [0, 0.05) is 0 Å². The van der Waals surface area contributed by atoms with Crippen molar-refractivity contribution in [1.82, 2.24) is 4.98 Å². The van der Waals surface area contributed by atoms with Crippen LogP contribution < -0.4 is 0 Å². The molecule has 1 aromatic heterocycles. The molecule has 3 heteroatoms. The Labute approximate surface area is 69.3 Å². The molecule has 12 heavy (non-hydrogen) atoms. The zero-order chi connectivity index (χ0) is 8.39. The van der Waals surface area contributed by atoms with E-state index in [1.165, 1.54) is 6.39 Å². The van der Waals surface area contributed by atoms with Gasteiger partial charge < -0.3 is 9.52 Å². The van der Waals surface area contributed by atoms with Crippen LogP contribution in [0.25, 0.3) is 11.3 Å². The molecule has 0 saturated carbocycles. The second-order valence-electron chi connectivity index (χ2n) is 2.38. The number of rotatable bonds is 1. The topological polar surface area (TPSA) is 46.3 Å². The van der Waals surface area contributed by atoms with Crippen molar-refractivity contribution < 1.29 is 9.52 Å². The van der Waals surface area contributed by atoms with Gasteiger partial charge in [-0.25, -0.2) is 4.98 Å². The number of aromatic hydroxyl groups is 1. The summed E-state index contributed by atoms with van der Waals surface area (Å²) in [6.45, 7) is 0. The SMILES string of the molecule is Oc1ccccc1-c1cnco1. The molecule has 1 N–H and O–H groups in total. The van der Waals surface area contributed by atoms with Crippen LogP contribution in [0.15, 0.2) is 41.3 Å². The number of aromatic nitrogens is 1. The summed E-state index contributed by atoms with van der Waals surface area (Å²) in [5, 5.41) is 9.39. The fourth-order valence-electron chi connectivity index (χ4n) is 1.03. The fraction of sp³-hybridized carbons (Fsp3) is 0.